The molecule has 4 nitrogen and oxygen atoms in total. The van der Waals surface area contributed by atoms with Crippen LogP contribution in [0.3, 0.4) is 0 Å². The van der Waals surface area contributed by atoms with Gasteiger partial charge in [0, 0.05) is 13.1 Å². The molecule has 0 spiro atoms. The fourth-order valence-electron chi connectivity index (χ4n) is 3.15. The lowest BCUT2D eigenvalue weighted by molar-refractivity contribution is -0.122. The minimum absolute atomic E-state index is 0.118. The van der Waals surface area contributed by atoms with E-state index >= 15 is 0 Å². The van der Waals surface area contributed by atoms with Gasteiger partial charge >= 0.3 is 0 Å². The normalized spacial score (nSPS) is 25.3. The zero-order chi connectivity index (χ0) is 14.4. The van der Waals surface area contributed by atoms with Gasteiger partial charge in [0.2, 0.25) is 5.91 Å². The highest BCUT2D eigenvalue weighted by atomic mass is 16.3. The monoisotopic (exact) mass is 280 g/mol. The lowest BCUT2D eigenvalue weighted by Gasteiger charge is -2.17. The number of amides is 1. The Morgan fingerprint density at radius 1 is 1.55 bits per heavy atom. The minimum atomic E-state index is -0.263. The van der Waals surface area contributed by atoms with Crippen LogP contribution in [0, 0.1) is 5.92 Å². The molecule has 0 aromatic carbocycles. The summed E-state index contributed by atoms with van der Waals surface area (Å²) in [5, 5.41) is 12.6. The first kappa shape index (κ1) is 15.5. The topological polar surface area (TPSA) is 52.6 Å². The number of rotatable bonds is 6. The van der Waals surface area contributed by atoms with E-state index in [-0.39, 0.29) is 12.0 Å². The molecular weight excluding hydrogens is 252 g/mol. The molecule has 114 valence electrons. The van der Waals surface area contributed by atoms with Crippen molar-refractivity contribution in [3.05, 3.63) is 11.6 Å². The van der Waals surface area contributed by atoms with Crippen molar-refractivity contribution < 1.29 is 9.90 Å². The van der Waals surface area contributed by atoms with E-state index in [4.69, 9.17) is 0 Å². The molecule has 2 unspecified atom stereocenters. The number of hydrogen-bond acceptors (Lipinski definition) is 3. The highest BCUT2D eigenvalue weighted by molar-refractivity contribution is 5.78. The number of aliphatic hydroxyl groups excluding tert-OH is 1. The molecule has 1 fully saturated rings. The largest absolute Gasteiger partial charge is 0.393 e. The molecule has 2 atom stereocenters. The molecule has 20 heavy (non-hydrogen) atoms. The first-order valence-electron chi connectivity index (χ1n) is 8.00. The lowest BCUT2D eigenvalue weighted by atomic mass is 9.97. The molecule has 1 heterocycles. The molecule has 1 aliphatic heterocycles. The Labute approximate surface area is 122 Å². The Hall–Kier alpha value is -0.870. The van der Waals surface area contributed by atoms with Crippen molar-refractivity contribution >= 4 is 5.91 Å². The first-order valence-corrected chi connectivity index (χ1v) is 8.00. The van der Waals surface area contributed by atoms with Crippen LogP contribution >= 0.6 is 0 Å². The molecule has 2 N–H and O–H groups in total. The third-order valence-electron chi connectivity index (χ3n) is 4.51. The van der Waals surface area contributed by atoms with Crippen molar-refractivity contribution in [3.63, 3.8) is 0 Å². The number of carbonyl (C=O) groups is 1. The molecule has 1 aliphatic carbocycles. The van der Waals surface area contributed by atoms with Crippen LogP contribution in [0.5, 0.6) is 0 Å². The second kappa shape index (κ2) is 7.79. The van der Waals surface area contributed by atoms with E-state index in [2.05, 4.69) is 16.3 Å². The number of hydrogen-bond donors (Lipinski definition) is 2. The molecule has 0 bridgehead atoms. The zero-order valence-corrected chi connectivity index (χ0v) is 12.6. The summed E-state index contributed by atoms with van der Waals surface area (Å²) in [6.07, 6.45) is 9.10. The van der Waals surface area contributed by atoms with Gasteiger partial charge in [-0.25, -0.2) is 0 Å². The van der Waals surface area contributed by atoms with Crippen LogP contribution in [-0.2, 0) is 4.79 Å². The van der Waals surface area contributed by atoms with Crippen molar-refractivity contribution in [2.45, 2.75) is 51.6 Å². The standard InChI is InChI=1S/C16H28N2O2/c1-13(19)15-8-10-18(11-15)12-16(20)17-9-7-14-5-3-2-4-6-14/h5,13,15,19H,2-4,6-12H2,1H3,(H,17,20). The average Bonchev–Trinajstić information content (AvgIpc) is 2.88. The lowest BCUT2D eigenvalue weighted by Crippen LogP contribution is -2.37. The summed E-state index contributed by atoms with van der Waals surface area (Å²) in [6, 6.07) is 0. The van der Waals surface area contributed by atoms with Crippen LogP contribution in [0.4, 0.5) is 0 Å². The van der Waals surface area contributed by atoms with E-state index in [0.29, 0.717) is 12.5 Å². The number of allylic oxidation sites excluding steroid dienone is 1. The van der Waals surface area contributed by atoms with Crippen LogP contribution in [0.2, 0.25) is 0 Å². The number of aliphatic hydroxyl groups is 1. The summed E-state index contributed by atoms with van der Waals surface area (Å²) in [5.74, 6) is 0.447. The Kier molecular flexibility index (Phi) is 6.05. The summed E-state index contributed by atoms with van der Waals surface area (Å²) in [6.45, 7) is 4.84. The number of nitrogens with one attached hydrogen (secondary N) is 1. The Balaban J connectivity index is 1.60. The molecule has 0 aromatic rings. The smallest absolute Gasteiger partial charge is 0.234 e. The summed E-state index contributed by atoms with van der Waals surface area (Å²) < 4.78 is 0. The molecule has 0 radical (unpaired) electrons. The molecule has 2 rings (SSSR count). The third kappa shape index (κ3) is 4.91. The quantitative estimate of drug-likeness (QED) is 0.728. The van der Waals surface area contributed by atoms with E-state index in [1.54, 1.807) is 0 Å². The summed E-state index contributed by atoms with van der Waals surface area (Å²) >= 11 is 0. The Morgan fingerprint density at radius 2 is 2.40 bits per heavy atom. The van der Waals surface area contributed by atoms with Crippen molar-refractivity contribution in [2.24, 2.45) is 5.92 Å². The van der Waals surface area contributed by atoms with E-state index in [1.807, 2.05) is 6.92 Å². The van der Waals surface area contributed by atoms with Gasteiger partial charge in [0.05, 0.1) is 12.6 Å². The van der Waals surface area contributed by atoms with E-state index in [0.717, 1.165) is 32.5 Å². The zero-order valence-electron chi connectivity index (χ0n) is 12.6. The number of nitrogens with zero attached hydrogens (tertiary/aromatic N) is 1. The summed E-state index contributed by atoms with van der Waals surface area (Å²) in [4.78, 5) is 14.0. The van der Waals surface area contributed by atoms with Crippen molar-refractivity contribution in [3.8, 4) is 0 Å². The first-order chi connectivity index (χ1) is 9.65. The highest BCUT2D eigenvalue weighted by Gasteiger charge is 2.26. The van der Waals surface area contributed by atoms with Gasteiger partial charge in [-0.1, -0.05) is 11.6 Å². The molecule has 0 saturated carbocycles. The second-order valence-corrected chi connectivity index (χ2v) is 6.23. The maximum Gasteiger partial charge on any atom is 0.234 e. The van der Waals surface area contributed by atoms with Gasteiger partial charge in [-0.2, -0.15) is 0 Å². The van der Waals surface area contributed by atoms with Gasteiger partial charge in [-0.15, -0.1) is 0 Å². The Bertz CT molecular complexity index is 352. The van der Waals surface area contributed by atoms with Crippen molar-refractivity contribution in [1.82, 2.24) is 10.2 Å². The van der Waals surface area contributed by atoms with Crippen molar-refractivity contribution in [2.75, 3.05) is 26.2 Å². The third-order valence-corrected chi connectivity index (χ3v) is 4.51. The van der Waals surface area contributed by atoms with Crippen LogP contribution < -0.4 is 5.32 Å². The summed E-state index contributed by atoms with van der Waals surface area (Å²) in [7, 11) is 0. The molecule has 2 aliphatic rings. The maximum atomic E-state index is 11.9. The SMILES string of the molecule is CC(O)C1CCN(CC(=O)NCCC2=CCCCC2)C1. The number of likely N-dealkylation sites (tertiary alicyclic amines) is 1. The fourth-order valence-corrected chi connectivity index (χ4v) is 3.15. The van der Waals surface area contributed by atoms with Gasteiger partial charge in [-0.05, 0) is 57.9 Å². The van der Waals surface area contributed by atoms with Gasteiger partial charge in [-0.3, -0.25) is 9.69 Å². The molecule has 4 heteroatoms. The van der Waals surface area contributed by atoms with Crippen LogP contribution in [0.15, 0.2) is 11.6 Å². The average molecular weight is 280 g/mol. The summed E-state index contributed by atoms with van der Waals surface area (Å²) in [5.41, 5.74) is 1.51. The Morgan fingerprint density at radius 3 is 3.05 bits per heavy atom. The van der Waals surface area contributed by atoms with Gasteiger partial charge in [0.25, 0.3) is 0 Å². The minimum Gasteiger partial charge on any atom is -0.393 e. The molecular formula is C16H28N2O2. The molecule has 1 amide bonds. The van der Waals surface area contributed by atoms with Crippen LogP contribution in [-0.4, -0.2) is 48.2 Å². The maximum absolute atomic E-state index is 11.9. The van der Waals surface area contributed by atoms with Gasteiger partial charge < -0.3 is 10.4 Å². The van der Waals surface area contributed by atoms with E-state index in [9.17, 15) is 9.90 Å². The van der Waals surface area contributed by atoms with Gasteiger partial charge in [0.1, 0.15) is 0 Å². The van der Waals surface area contributed by atoms with E-state index in [1.165, 1.54) is 31.3 Å². The predicted molar refractivity (Wildman–Crippen MR) is 80.4 cm³/mol. The van der Waals surface area contributed by atoms with Crippen LogP contribution in [0.1, 0.15) is 45.4 Å². The van der Waals surface area contributed by atoms with E-state index < -0.39 is 0 Å². The predicted octanol–water partition coefficient (Wildman–Crippen LogP) is 1.70. The van der Waals surface area contributed by atoms with Gasteiger partial charge in [0.15, 0.2) is 0 Å². The number of carbonyl (C=O) groups excluding carboxylic acids is 1. The van der Waals surface area contributed by atoms with Crippen LogP contribution in [0.25, 0.3) is 0 Å². The molecule has 1 saturated heterocycles. The fraction of sp³-hybridized carbons (Fsp3) is 0.812. The van der Waals surface area contributed by atoms with Crippen molar-refractivity contribution in [1.29, 1.82) is 0 Å². The highest BCUT2D eigenvalue weighted by Crippen LogP contribution is 2.20. The molecule has 0 aromatic heterocycles. The second-order valence-electron chi connectivity index (χ2n) is 6.23.